The summed E-state index contributed by atoms with van der Waals surface area (Å²) >= 11 is 6.37. The number of nitrogens with one attached hydrogen (secondary N) is 1. The van der Waals surface area contributed by atoms with Crippen LogP contribution in [0.3, 0.4) is 0 Å². The third kappa shape index (κ3) is 6.35. The number of halogens is 1. The van der Waals surface area contributed by atoms with Crippen LogP contribution in [-0.4, -0.2) is 51.0 Å². The minimum atomic E-state index is -3.79. The van der Waals surface area contributed by atoms with Crippen LogP contribution in [0.4, 0.5) is 5.69 Å². The number of amides is 1. The Labute approximate surface area is 248 Å². The summed E-state index contributed by atoms with van der Waals surface area (Å²) < 4.78 is 33.5. The first kappa shape index (κ1) is 29.7. The molecule has 1 amide bonds. The Morgan fingerprint density at radius 2 is 2.05 bits per heavy atom. The minimum Gasteiger partial charge on any atom is -0.490 e. The number of anilines is 1. The molecule has 1 fully saturated rings. The van der Waals surface area contributed by atoms with Gasteiger partial charge in [-0.25, -0.2) is 13.1 Å². The maximum absolute atomic E-state index is 13.1. The highest BCUT2D eigenvalue weighted by molar-refractivity contribution is 7.90. The maximum Gasteiger partial charge on any atom is 0.264 e. The molecule has 0 bridgehead atoms. The molecule has 5 rings (SSSR count). The van der Waals surface area contributed by atoms with Gasteiger partial charge >= 0.3 is 0 Å². The van der Waals surface area contributed by atoms with E-state index in [4.69, 9.17) is 16.3 Å². The highest BCUT2D eigenvalue weighted by Crippen LogP contribution is 2.46. The number of allylic oxidation sites excluding steroid dienone is 1. The number of ether oxygens (including phenoxy) is 1. The summed E-state index contributed by atoms with van der Waals surface area (Å²) in [6.07, 6.45) is 8.56. The summed E-state index contributed by atoms with van der Waals surface area (Å²) in [6.45, 7) is 9.22. The van der Waals surface area contributed by atoms with Crippen molar-refractivity contribution in [2.45, 2.75) is 56.5 Å². The zero-order valence-electron chi connectivity index (χ0n) is 23.4. The first-order chi connectivity index (χ1) is 19.6. The molecule has 2 unspecified atom stereocenters. The van der Waals surface area contributed by atoms with Crippen LogP contribution >= 0.6 is 11.6 Å². The predicted octanol–water partition coefficient (Wildman–Crippen LogP) is 5.41. The zero-order chi connectivity index (χ0) is 29.2. The van der Waals surface area contributed by atoms with Crippen molar-refractivity contribution >= 4 is 33.2 Å². The number of rotatable bonds is 10. The summed E-state index contributed by atoms with van der Waals surface area (Å²) in [5.74, 6) is 0.242. The first-order valence-corrected chi connectivity index (χ1v) is 16.4. The number of benzene rings is 2. The Hall–Kier alpha value is -2.81. The lowest BCUT2D eigenvalue weighted by Gasteiger charge is -2.45. The second-order valence-electron chi connectivity index (χ2n) is 11.7. The molecule has 2 aliphatic carbocycles. The molecule has 220 valence electrons. The number of hydrogen-bond acceptors (Lipinski definition) is 6. The molecule has 1 aliphatic heterocycles. The quantitative estimate of drug-likeness (QED) is 0.355. The van der Waals surface area contributed by atoms with E-state index < -0.39 is 22.0 Å². The number of aryl methyl sites for hydroxylation is 1. The van der Waals surface area contributed by atoms with Crippen LogP contribution in [0.1, 0.15) is 60.0 Å². The lowest BCUT2D eigenvalue weighted by atomic mass is 9.68. The van der Waals surface area contributed by atoms with Gasteiger partial charge in [-0.15, -0.1) is 13.2 Å². The molecule has 1 heterocycles. The molecule has 9 heteroatoms. The van der Waals surface area contributed by atoms with Crippen LogP contribution in [0, 0.1) is 11.8 Å². The lowest BCUT2D eigenvalue weighted by Crippen LogP contribution is -2.49. The normalized spacial score (nSPS) is 24.2. The van der Waals surface area contributed by atoms with Crippen molar-refractivity contribution in [2.24, 2.45) is 11.8 Å². The van der Waals surface area contributed by atoms with Crippen molar-refractivity contribution in [1.29, 1.82) is 0 Å². The van der Waals surface area contributed by atoms with Gasteiger partial charge in [0.25, 0.3) is 5.91 Å². The largest absolute Gasteiger partial charge is 0.490 e. The minimum absolute atomic E-state index is 0.176. The second kappa shape index (κ2) is 12.2. The van der Waals surface area contributed by atoms with Gasteiger partial charge in [0.2, 0.25) is 10.0 Å². The maximum atomic E-state index is 13.1. The molecule has 1 spiro atoms. The molecule has 0 saturated heterocycles. The van der Waals surface area contributed by atoms with Crippen LogP contribution in [0.2, 0.25) is 5.02 Å². The molecule has 2 aromatic rings. The fourth-order valence-electron chi connectivity index (χ4n) is 6.70. The molecule has 41 heavy (non-hydrogen) atoms. The molecule has 1 saturated carbocycles. The Bertz CT molecular complexity index is 1430. The van der Waals surface area contributed by atoms with Crippen molar-refractivity contribution < 1.29 is 23.1 Å². The summed E-state index contributed by atoms with van der Waals surface area (Å²) in [4.78, 5) is 15.4. The number of carbonyl (C=O) groups is 1. The Morgan fingerprint density at radius 1 is 1.22 bits per heavy atom. The van der Waals surface area contributed by atoms with Gasteiger partial charge in [0.05, 0.1) is 24.2 Å². The van der Waals surface area contributed by atoms with Crippen LogP contribution in [0.15, 0.2) is 61.7 Å². The number of carbonyl (C=O) groups excluding carboxylic acids is 1. The number of nitrogens with zero attached hydrogens (tertiary/aromatic N) is 1. The van der Waals surface area contributed by atoms with E-state index >= 15 is 0 Å². The molecule has 3 aliphatic rings. The van der Waals surface area contributed by atoms with E-state index in [2.05, 4.69) is 34.9 Å². The molecular weight excluding hydrogens is 560 g/mol. The highest BCUT2D eigenvalue weighted by Gasteiger charge is 2.44. The topological polar surface area (TPSA) is 95.9 Å². The third-order valence-electron chi connectivity index (χ3n) is 8.97. The van der Waals surface area contributed by atoms with Crippen molar-refractivity contribution in [2.75, 3.05) is 30.3 Å². The van der Waals surface area contributed by atoms with E-state index in [1.807, 2.05) is 6.07 Å². The van der Waals surface area contributed by atoms with Gasteiger partial charge in [-0.3, -0.25) is 4.79 Å². The van der Waals surface area contributed by atoms with Crippen molar-refractivity contribution in [3.8, 4) is 5.75 Å². The zero-order valence-corrected chi connectivity index (χ0v) is 24.9. The number of aliphatic hydroxyl groups excluding tert-OH is 1. The SMILES string of the molecule is C=CCCS(=O)(=O)NC(=O)c1ccc2c(c1)N(C[C@@H]1CC[C@H]1C(O)CC=C)CC1(CCCc3cc(Cl)ccc31)CO2. The Kier molecular flexibility index (Phi) is 8.83. The van der Waals surface area contributed by atoms with Crippen molar-refractivity contribution in [1.82, 2.24) is 4.72 Å². The number of sulfonamides is 1. The van der Waals surface area contributed by atoms with Crippen molar-refractivity contribution in [3.05, 3.63) is 83.4 Å². The molecule has 7 nitrogen and oxygen atoms in total. The van der Waals surface area contributed by atoms with Gasteiger partial charge in [-0.05, 0) is 98.2 Å². The number of fused-ring (bicyclic) bond motifs is 3. The van der Waals surface area contributed by atoms with E-state index in [-0.39, 0.29) is 35.0 Å². The van der Waals surface area contributed by atoms with Crippen LogP contribution in [-0.2, 0) is 21.9 Å². The smallest absolute Gasteiger partial charge is 0.264 e. The summed E-state index contributed by atoms with van der Waals surface area (Å²) in [7, 11) is -3.79. The fourth-order valence-corrected chi connectivity index (χ4v) is 7.88. The van der Waals surface area contributed by atoms with Gasteiger partial charge in [-0.2, -0.15) is 0 Å². The Balaban J connectivity index is 1.49. The van der Waals surface area contributed by atoms with E-state index in [1.54, 1.807) is 24.3 Å². The average molecular weight is 599 g/mol. The average Bonchev–Trinajstić information content (AvgIpc) is 3.06. The molecule has 0 aromatic heterocycles. The molecule has 0 radical (unpaired) electrons. The highest BCUT2D eigenvalue weighted by atomic mass is 35.5. The molecular formula is C32H39ClN2O5S. The van der Waals surface area contributed by atoms with Gasteiger partial charge in [0.15, 0.2) is 0 Å². The molecule has 2 aromatic carbocycles. The molecule has 4 atom stereocenters. The molecule has 2 N–H and O–H groups in total. The number of aliphatic hydroxyl groups is 1. The van der Waals surface area contributed by atoms with Gasteiger partial charge in [0, 0.05) is 29.1 Å². The van der Waals surface area contributed by atoms with Crippen LogP contribution in [0.5, 0.6) is 5.75 Å². The predicted molar refractivity (Wildman–Crippen MR) is 163 cm³/mol. The van der Waals surface area contributed by atoms with Gasteiger partial charge < -0.3 is 14.7 Å². The number of hydrogen-bond donors (Lipinski definition) is 2. The van der Waals surface area contributed by atoms with Gasteiger partial charge in [0.1, 0.15) is 5.75 Å². The Morgan fingerprint density at radius 3 is 2.78 bits per heavy atom. The van der Waals surface area contributed by atoms with E-state index in [9.17, 15) is 18.3 Å². The van der Waals surface area contributed by atoms with Gasteiger partial charge in [-0.1, -0.05) is 29.8 Å². The first-order valence-electron chi connectivity index (χ1n) is 14.4. The fraction of sp³-hybridized carbons (Fsp3) is 0.469. The van der Waals surface area contributed by atoms with Crippen molar-refractivity contribution in [3.63, 3.8) is 0 Å². The second-order valence-corrected chi connectivity index (χ2v) is 14.0. The standard InChI is InChI=1S/C32H39ClN2O5S/c1-3-5-16-41(38,39)34-31(37)23-10-14-30-28(18-23)35(19-24-9-12-26(24)29(36)7-4-2)20-32(21-40-30)15-6-8-22-17-25(33)11-13-27(22)32/h3-4,10-11,13-14,17-18,24,26,29,36H,1-2,5-9,12,15-16,19-21H2,(H,34,37)/t24-,26+,29?,32?/m0/s1. The summed E-state index contributed by atoms with van der Waals surface area (Å²) in [5, 5.41) is 11.5. The van der Waals surface area contributed by atoms with E-state index in [0.717, 1.165) is 42.8 Å². The van der Waals surface area contributed by atoms with Crippen LogP contribution < -0.4 is 14.4 Å². The summed E-state index contributed by atoms with van der Waals surface area (Å²) in [6, 6.07) is 11.3. The van der Waals surface area contributed by atoms with E-state index in [1.165, 1.54) is 17.2 Å². The monoisotopic (exact) mass is 598 g/mol. The van der Waals surface area contributed by atoms with E-state index in [0.29, 0.717) is 31.9 Å². The van der Waals surface area contributed by atoms with Crippen LogP contribution in [0.25, 0.3) is 0 Å². The lowest BCUT2D eigenvalue weighted by molar-refractivity contribution is 0.0178. The summed E-state index contributed by atoms with van der Waals surface area (Å²) in [5.41, 5.74) is 3.23. The third-order valence-corrected chi connectivity index (χ3v) is 10.5.